The van der Waals surface area contributed by atoms with Crippen molar-refractivity contribution in [2.75, 3.05) is 11.9 Å². The van der Waals surface area contributed by atoms with Crippen molar-refractivity contribution in [2.45, 2.75) is 19.3 Å². The van der Waals surface area contributed by atoms with Crippen LogP contribution in [0.25, 0.3) is 0 Å². The molecule has 0 aliphatic carbocycles. The number of rotatable bonds is 6. The minimum absolute atomic E-state index is 0.0407. The molecule has 0 saturated carbocycles. The molecular weight excluding hydrogens is 332 g/mol. The molecule has 0 fully saturated rings. The van der Waals surface area contributed by atoms with Crippen molar-refractivity contribution in [3.05, 3.63) is 77.3 Å². The summed E-state index contributed by atoms with van der Waals surface area (Å²) >= 11 is 1.38. The smallest absolute Gasteiger partial charge is 0.264 e. The van der Waals surface area contributed by atoms with Gasteiger partial charge in [-0.3, -0.25) is 10.1 Å². The first-order valence-corrected chi connectivity index (χ1v) is 8.92. The van der Waals surface area contributed by atoms with Gasteiger partial charge in [0.2, 0.25) is 0 Å². The fourth-order valence-corrected chi connectivity index (χ4v) is 3.12. The van der Waals surface area contributed by atoms with E-state index in [-0.39, 0.29) is 17.9 Å². The molecule has 4 nitrogen and oxygen atoms in total. The highest BCUT2D eigenvalue weighted by Gasteiger charge is 2.22. The van der Waals surface area contributed by atoms with E-state index in [0.29, 0.717) is 10.9 Å². The zero-order valence-corrected chi connectivity index (χ0v) is 15.0. The van der Waals surface area contributed by atoms with Crippen molar-refractivity contribution in [3.8, 4) is 5.75 Å². The van der Waals surface area contributed by atoms with Gasteiger partial charge in [-0.15, -0.1) is 11.3 Å². The van der Waals surface area contributed by atoms with Gasteiger partial charge in [0.15, 0.2) is 11.7 Å². The van der Waals surface area contributed by atoms with Gasteiger partial charge in [0.05, 0.1) is 0 Å². The molecule has 128 valence electrons. The third-order valence-corrected chi connectivity index (χ3v) is 4.81. The lowest BCUT2D eigenvalue weighted by Gasteiger charge is -2.26. The van der Waals surface area contributed by atoms with Gasteiger partial charge in [-0.05, 0) is 23.3 Å². The molecule has 3 aromatic rings. The van der Waals surface area contributed by atoms with Gasteiger partial charge in [-0.25, -0.2) is 4.98 Å². The van der Waals surface area contributed by atoms with E-state index in [4.69, 9.17) is 4.74 Å². The molecule has 1 heterocycles. The molecular formula is C20H20N2O2S. The number of amides is 1. The average Bonchev–Trinajstić information content (AvgIpc) is 3.14. The zero-order chi connectivity index (χ0) is 17.7. The Morgan fingerprint density at radius 3 is 2.40 bits per heavy atom. The summed E-state index contributed by atoms with van der Waals surface area (Å²) in [7, 11) is 0. The number of hydrogen-bond donors (Lipinski definition) is 1. The van der Waals surface area contributed by atoms with Crippen molar-refractivity contribution in [1.82, 2.24) is 4.98 Å². The van der Waals surface area contributed by atoms with E-state index in [9.17, 15) is 4.79 Å². The first-order valence-electron chi connectivity index (χ1n) is 8.04. The fourth-order valence-electron chi connectivity index (χ4n) is 2.58. The summed E-state index contributed by atoms with van der Waals surface area (Å²) in [6, 6.07) is 18.3. The minimum Gasteiger partial charge on any atom is -0.484 e. The monoisotopic (exact) mass is 352 g/mol. The van der Waals surface area contributed by atoms with Crippen molar-refractivity contribution < 1.29 is 9.53 Å². The minimum atomic E-state index is -0.219. The van der Waals surface area contributed by atoms with E-state index in [1.807, 2.05) is 35.7 Å². The maximum Gasteiger partial charge on any atom is 0.264 e. The first kappa shape index (κ1) is 17.2. The topological polar surface area (TPSA) is 51.2 Å². The molecule has 0 aliphatic heterocycles. The summed E-state index contributed by atoms with van der Waals surface area (Å²) in [5.74, 6) is 0.450. The Hall–Kier alpha value is -2.66. The number of carbonyl (C=O) groups excluding carboxylic acids is 1. The molecule has 25 heavy (non-hydrogen) atoms. The number of hydrogen-bond acceptors (Lipinski definition) is 4. The zero-order valence-electron chi connectivity index (χ0n) is 14.2. The van der Waals surface area contributed by atoms with E-state index in [1.165, 1.54) is 22.5 Å². The summed E-state index contributed by atoms with van der Waals surface area (Å²) in [5, 5.41) is 5.08. The highest BCUT2D eigenvalue weighted by Crippen LogP contribution is 2.32. The number of anilines is 1. The van der Waals surface area contributed by atoms with Gasteiger partial charge in [0.25, 0.3) is 5.91 Å². The Morgan fingerprint density at radius 2 is 1.76 bits per heavy atom. The van der Waals surface area contributed by atoms with Gasteiger partial charge in [-0.2, -0.15) is 0 Å². The van der Waals surface area contributed by atoms with Crippen LogP contribution in [0.1, 0.15) is 25.0 Å². The highest BCUT2D eigenvalue weighted by atomic mass is 32.1. The summed E-state index contributed by atoms with van der Waals surface area (Å²) in [6.07, 6.45) is 1.65. The third kappa shape index (κ3) is 4.25. The van der Waals surface area contributed by atoms with Crippen LogP contribution in [0.3, 0.4) is 0 Å². The Morgan fingerprint density at radius 1 is 1.08 bits per heavy atom. The quantitative estimate of drug-likeness (QED) is 0.711. The highest BCUT2D eigenvalue weighted by molar-refractivity contribution is 7.13. The van der Waals surface area contributed by atoms with Crippen LogP contribution < -0.4 is 10.1 Å². The second-order valence-electron chi connectivity index (χ2n) is 6.19. The van der Waals surface area contributed by atoms with Crippen LogP contribution >= 0.6 is 11.3 Å². The Labute approximate surface area is 151 Å². The number of benzene rings is 2. The number of nitrogens with zero attached hydrogens (tertiary/aromatic N) is 1. The summed E-state index contributed by atoms with van der Waals surface area (Å²) in [4.78, 5) is 15.8. The second-order valence-corrected chi connectivity index (χ2v) is 7.08. The van der Waals surface area contributed by atoms with Crippen LogP contribution in [-0.4, -0.2) is 17.5 Å². The summed E-state index contributed by atoms with van der Waals surface area (Å²) in [5.41, 5.74) is 2.35. The Kier molecular flexibility index (Phi) is 5.14. The standard InChI is InChI=1S/C20H20N2O2S/c1-20(2,15-6-4-3-5-7-15)16-8-10-17(11-9-16)24-14-18(23)22-19-21-12-13-25-19/h3-13H,14H2,1-2H3,(H,21,22,23). The lowest BCUT2D eigenvalue weighted by Crippen LogP contribution is -2.20. The predicted octanol–water partition coefficient (Wildman–Crippen LogP) is 4.49. The normalized spacial score (nSPS) is 11.1. The van der Waals surface area contributed by atoms with Crippen LogP contribution in [0.4, 0.5) is 5.13 Å². The first-order chi connectivity index (χ1) is 12.1. The van der Waals surface area contributed by atoms with E-state index in [1.54, 1.807) is 6.20 Å². The van der Waals surface area contributed by atoms with Crippen LogP contribution in [0.2, 0.25) is 0 Å². The number of carbonyl (C=O) groups is 1. The molecule has 2 aromatic carbocycles. The maximum atomic E-state index is 11.8. The SMILES string of the molecule is CC(C)(c1ccccc1)c1ccc(OCC(=O)Nc2nccs2)cc1. The van der Waals surface area contributed by atoms with Gasteiger partial charge >= 0.3 is 0 Å². The summed E-state index contributed by atoms with van der Waals surface area (Å²) < 4.78 is 5.55. The number of ether oxygens (including phenoxy) is 1. The largest absolute Gasteiger partial charge is 0.484 e. The molecule has 1 aromatic heterocycles. The van der Waals surface area contributed by atoms with Crippen molar-refractivity contribution in [2.24, 2.45) is 0 Å². The third-order valence-electron chi connectivity index (χ3n) is 4.12. The number of nitrogens with one attached hydrogen (secondary N) is 1. The predicted molar refractivity (Wildman–Crippen MR) is 101 cm³/mol. The van der Waals surface area contributed by atoms with Crippen molar-refractivity contribution in [1.29, 1.82) is 0 Å². The second kappa shape index (κ2) is 7.49. The van der Waals surface area contributed by atoms with Gasteiger partial charge < -0.3 is 4.74 Å². The van der Waals surface area contributed by atoms with E-state index in [0.717, 1.165) is 0 Å². The van der Waals surface area contributed by atoms with Gasteiger partial charge in [0, 0.05) is 17.0 Å². The van der Waals surface area contributed by atoms with E-state index < -0.39 is 0 Å². The van der Waals surface area contributed by atoms with Crippen molar-refractivity contribution in [3.63, 3.8) is 0 Å². The van der Waals surface area contributed by atoms with Gasteiger partial charge in [0.1, 0.15) is 5.75 Å². The Bertz CT molecular complexity index is 813. The molecule has 0 radical (unpaired) electrons. The van der Waals surface area contributed by atoms with Crippen LogP contribution in [0, 0.1) is 0 Å². The summed E-state index contributed by atoms with van der Waals surface area (Å²) in [6.45, 7) is 4.35. The lowest BCUT2D eigenvalue weighted by molar-refractivity contribution is -0.118. The molecule has 0 spiro atoms. The molecule has 3 rings (SSSR count). The molecule has 0 unspecified atom stereocenters. The van der Waals surface area contributed by atoms with Crippen LogP contribution in [0.15, 0.2) is 66.2 Å². The maximum absolute atomic E-state index is 11.8. The number of aromatic nitrogens is 1. The van der Waals surface area contributed by atoms with Crippen molar-refractivity contribution >= 4 is 22.4 Å². The molecule has 0 atom stereocenters. The molecule has 5 heteroatoms. The molecule has 0 bridgehead atoms. The lowest BCUT2D eigenvalue weighted by atomic mass is 9.78. The van der Waals surface area contributed by atoms with Crippen LogP contribution in [-0.2, 0) is 10.2 Å². The van der Waals surface area contributed by atoms with Gasteiger partial charge in [-0.1, -0.05) is 56.3 Å². The molecule has 0 aliphatic rings. The average molecular weight is 352 g/mol. The molecule has 0 saturated heterocycles. The molecule has 1 amide bonds. The fraction of sp³-hybridized carbons (Fsp3) is 0.200. The van der Waals surface area contributed by atoms with E-state index >= 15 is 0 Å². The number of thiazole rings is 1. The molecule has 1 N–H and O–H groups in total. The van der Waals surface area contributed by atoms with Crippen LogP contribution in [0.5, 0.6) is 5.75 Å². The van der Waals surface area contributed by atoms with E-state index in [2.05, 4.69) is 48.4 Å². The Balaban J connectivity index is 1.61.